The second-order valence-corrected chi connectivity index (χ2v) is 3.07. The van der Waals surface area contributed by atoms with E-state index in [0.29, 0.717) is 17.7 Å². The molecular weight excluding hydrogens is 168 g/mol. The number of aliphatic hydroxyl groups is 1. The molecule has 0 unspecified atom stereocenters. The minimum atomic E-state index is -0.519. The van der Waals surface area contributed by atoms with Crippen LogP contribution in [-0.4, -0.2) is 5.11 Å². The van der Waals surface area contributed by atoms with Crippen LogP contribution in [0.4, 0.5) is 0 Å². The molecule has 1 aromatic heterocycles. The molecule has 3 heteroatoms. The van der Waals surface area contributed by atoms with Crippen molar-refractivity contribution in [2.24, 2.45) is 0 Å². The molecule has 1 rings (SSSR count). The molecule has 0 radical (unpaired) electrons. The summed E-state index contributed by atoms with van der Waals surface area (Å²) in [7, 11) is 0. The van der Waals surface area contributed by atoms with Gasteiger partial charge >= 0.3 is 5.63 Å². The summed E-state index contributed by atoms with van der Waals surface area (Å²) < 4.78 is 4.86. The third-order valence-corrected chi connectivity index (χ3v) is 1.98. The van der Waals surface area contributed by atoms with Crippen LogP contribution in [0.2, 0.25) is 0 Å². The van der Waals surface area contributed by atoms with E-state index in [4.69, 9.17) is 4.42 Å². The molecule has 0 fully saturated rings. The van der Waals surface area contributed by atoms with Crippen molar-refractivity contribution in [2.75, 3.05) is 0 Å². The van der Waals surface area contributed by atoms with Gasteiger partial charge in [-0.1, -0.05) is 13.3 Å². The standard InChI is InChI=1S/C10H14O3/c1-3-4-9(11)8-5-6-10(12)13-7(8)2/h5-6,9,11H,3-4H2,1-2H3/t9-/m1/s1. The van der Waals surface area contributed by atoms with Crippen molar-refractivity contribution in [3.05, 3.63) is 33.9 Å². The van der Waals surface area contributed by atoms with Crippen LogP contribution >= 0.6 is 0 Å². The molecule has 1 atom stereocenters. The summed E-state index contributed by atoms with van der Waals surface area (Å²) in [6.07, 6.45) is 1.07. The van der Waals surface area contributed by atoms with Crippen LogP contribution in [-0.2, 0) is 0 Å². The molecule has 0 aliphatic heterocycles. The zero-order valence-electron chi connectivity index (χ0n) is 7.91. The summed E-state index contributed by atoms with van der Waals surface area (Å²) in [6, 6.07) is 2.96. The smallest absolute Gasteiger partial charge is 0.335 e. The fourth-order valence-electron chi connectivity index (χ4n) is 1.29. The summed E-state index contributed by atoms with van der Waals surface area (Å²) in [5.74, 6) is 0.508. The Hall–Kier alpha value is -1.09. The van der Waals surface area contributed by atoms with E-state index in [1.54, 1.807) is 13.0 Å². The average molecular weight is 182 g/mol. The maximum absolute atomic E-state index is 10.8. The molecular formula is C10H14O3. The Morgan fingerprint density at radius 1 is 1.54 bits per heavy atom. The Labute approximate surface area is 77.0 Å². The first kappa shape index (κ1) is 9.99. The lowest BCUT2D eigenvalue weighted by molar-refractivity contribution is 0.162. The highest BCUT2D eigenvalue weighted by Crippen LogP contribution is 2.19. The first-order valence-corrected chi connectivity index (χ1v) is 4.44. The van der Waals surface area contributed by atoms with Crippen molar-refractivity contribution in [3.63, 3.8) is 0 Å². The molecule has 0 spiro atoms. The zero-order valence-corrected chi connectivity index (χ0v) is 7.91. The monoisotopic (exact) mass is 182 g/mol. The van der Waals surface area contributed by atoms with Gasteiger partial charge in [0.25, 0.3) is 0 Å². The van der Waals surface area contributed by atoms with Crippen LogP contribution in [0.15, 0.2) is 21.3 Å². The highest BCUT2D eigenvalue weighted by Gasteiger charge is 2.10. The van der Waals surface area contributed by atoms with Gasteiger partial charge < -0.3 is 9.52 Å². The van der Waals surface area contributed by atoms with Gasteiger partial charge in [0, 0.05) is 11.6 Å². The second kappa shape index (κ2) is 4.23. The van der Waals surface area contributed by atoms with Gasteiger partial charge in [0.2, 0.25) is 0 Å². The molecule has 0 aromatic carbocycles. The summed E-state index contributed by atoms with van der Waals surface area (Å²) >= 11 is 0. The van der Waals surface area contributed by atoms with E-state index in [1.165, 1.54) is 6.07 Å². The van der Waals surface area contributed by atoms with Gasteiger partial charge in [-0.25, -0.2) is 4.79 Å². The third-order valence-electron chi connectivity index (χ3n) is 1.98. The lowest BCUT2D eigenvalue weighted by Gasteiger charge is -2.10. The van der Waals surface area contributed by atoms with Crippen LogP contribution in [0.25, 0.3) is 0 Å². The molecule has 3 nitrogen and oxygen atoms in total. The molecule has 1 N–H and O–H groups in total. The van der Waals surface area contributed by atoms with E-state index in [-0.39, 0.29) is 5.63 Å². The largest absolute Gasteiger partial charge is 0.428 e. The topological polar surface area (TPSA) is 50.4 Å². The predicted octanol–water partition coefficient (Wildman–Crippen LogP) is 1.78. The van der Waals surface area contributed by atoms with E-state index in [1.807, 2.05) is 6.92 Å². The molecule has 72 valence electrons. The summed E-state index contributed by atoms with van der Waals surface area (Å²) in [4.78, 5) is 10.8. The van der Waals surface area contributed by atoms with Crippen molar-refractivity contribution in [2.45, 2.75) is 32.8 Å². The van der Waals surface area contributed by atoms with E-state index in [9.17, 15) is 9.90 Å². The van der Waals surface area contributed by atoms with Gasteiger partial charge in [0.1, 0.15) is 5.76 Å². The number of rotatable bonds is 3. The Morgan fingerprint density at radius 2 is 2.23 bits per heavy atom. The van der Waals surface area contributed by atoms with Crippen LogP contribution in [0.3, 0.4) is 0 Å². The lowest BCUT2D eigenvalue weighted by Crippen LogP contribution is -2.04. The number of aliphatic hydroxyl groups excluding tert-OH is 1. The van der Waals surface area contributed by atoms with Gasteiger partial charge in [-0.3, -0.25) is 0 Å². The highest BCUT2D eigenvalue weighted by atomic mass is 16.4. The molecule has 0 amide bonds. The van der Waals surface area contributed by atoms with Crippen molar-refractivity contribution in [1.29, 1.82) is 0 Å². The molecule has 0 bridgehead atoms. The van der Waals surface area contributed by atoms with Gasteiger partial charge in [-0.15, -0.1) is 0 Å². The van der Waals surface area contributed by atoms with E-state index in [0.717, 1.165) is 6.42 Å². The second-order valence-electron chi connectivity index (χ2n) is 3.07. The Bertz CT molecular complexity index is 327. The minimum absolute atomic E-state index is 0.370. The maximum Gasteiger partial charge on any atom is 0.335 e. The number of hydrogen-bond acceptors (Lipinski definition) is 3. The van der Waals surface area contributed by atoms with Gasteiger partial charge in [0.05, 0.1) is 6.10 Å². The van der Waals surface area contributed by atoms with Crippen LogP contribution in [0, 0.1) is 6.92 Å². The predicted molar refractivity (Wildman–Crippen MR) is 49.6 cm³/mol. The number of aryl methyl sites for hydroxylation is 1. The molecule has 0 saturated heterocycles. The summed E-state index contributed by atoms with van der Waals surface area (Å²) in [5, 5.41) is 9.63. The van der Waals surface area contributed by atoms with Crippen molar-refractivity contribution in [1.82, 2.24) is 0 Å². The quantitative estimate of drug-likeness (QED) is 0.775. The minimum Gasteiger partial charge on any atom is -0.428 e. The Morgan fingerprint density at radius 3 is 2.77 bits per heavy atom. The normalized spacial score (nSPS) is 12.8. The maximum atomic E-state index is 10.8. The Kier molecular flexibility index (Phi) is 3.25. The average Bonchev–Trinajstić information content (AvgIpc) is 2.04. The summed E-state index contributed by atoms with van der Waals surface area (Å²) in [6.45, 7) is 3.69. The first-order valence-electron chi connectivity index (χ1n) is 4.44. The SMILES string of the molecule is CCC[C@@H](O)c1ccc(=O)oc1C. The molecule has 0 aliphatic carbocycles. The lowest BCUT2D eigenvalue weighted by atomic mass is 10.1. The number of hydrogen-bond donors (Lipinski definition) is 1. The van der Waals surface area contributed by atoms with Crippen molar-refractivity contribution >= 4 is 0 Å². The fourth-order valence-corrected chi connectivity index (χ4v) is 1.29. The molecule has 13 heavy (non-hydrogen) atoms. The molecule has 0 saturated carbocycles. The van der Waals surface area contributed by atoms with E-state index in [2.05, 4.69) is 0 Å². The van der Waals surface area contributed by atoms with Crippen LogP contribution in [0.5, 0.6) is 0 Å². The highest BCUT2D eigenvalue weighted by molar-refractivity contribution is 5.18. The van der Waals surface area contributed by atoms with Crippen molar-refractivity contribution < 1.29 is 9.52 Å². The van der Waals surface area contributed by atoms with Crippen molar-refractivity contribution in [3.8, 4) is 0 Å². The molecule has 0 aliphatic rings. The van der Waals surface area contributed by atoms with Crippen LogP contribution < -0.4 is 5.63 Å². The Balaban J connectivity index is 2.94. The zero-order chi connectivity index (χ0) is 9.84. The summed E-state index contributed by atoms with van der Waals surface area (Å²) in [5.41, 5.74) is 0.339. The molecule has 1 aromatic rings. The van der Waals surface area contributed by atoms with E-state index < -0.39 is 6.10 Å². The van der Waals surface area contributed by atoms with Gasteiger partial charge in [-0.05, 0) is 19.4 Å². The fraction of sp³-hybridized carbons (Fsp3) is 0.500. The third kappa shape index (κ3) is 2.42. The van der Waals surface area contributed by atoms with Gasteiger partial charge in [0.15, 0.2) is 0 Å². The van der Waals surface area contributed by atoms with Crippen LogP contribution in [0.1, 0.15) is 37.2 Å². The first-order chi connectivity index (χ1) is 6.15. The van der Waals surface area contributed by atoms with E-state index >= 15 is 0 Å². The van der Waals surface area contributed by atoms with Gasteiger partial charge in [-0.2, -0.15) is 0 Å². The molecule has 1 heterocycles.